The molecule has 0 aromatic heterocycles. The van der Waals surface area contributed by atoms with E-state index in [1.165, 1.54) is 11.1 Å². The first-order valence-corrected chi connectivity index (χ1v) is 6.88. The third kappa shape index (κ3) is 6.54. The van der Waals surface area contributed by atoms with Crippen molar-refractivity contribution in [3.8, 4) is 0 Å². The van der Waals surface area contributed by atoms with Gasteiger partial charge >= 0.3 is 0 Å². The number of methoxy groups -OCH3 is 2. The molecule has 5 heteroatoms. The van der Waals surface area contributed by atoms with Crippen molar-refractivity contribution < 1.29 is 9.47 Å². The molecule has 5 nitrogen and oxygen atoms in total. The van der Waals surface area contributed by atoms with E-state index in [2.05, 4.69) is 39.9 Å². The van der Waals surface area contributed by atoms with Gasteiger partial charge in [0.15, 0.2) is 5.96 Å². The molecule has 0 fully saturated rings. The number of ether oxygens (including phenoxy) is 2. The van der Waals surface area contributed by atoms with Crippen molar-refractivity contribution >= 4 is 5.96 Å². The smallest absolute Gasteiger partial charge is 0.191 e. The number of nitrogens with one attached hydrogen (secondary N) is 2. The molecule has 20 heavy (non-hydrogen) atoms. The Balaban J connectivity index is 2.52. The van der Waals surface area contributed by atoms with Crippen LogP contribution in [-0.4, -0.2) is 39.9 Å². The fraction of sp³-hybridized carbons (Fsp3) is 0.533. The zero-order chi connectivity index (χ0) is 14.6. The minimum atomic E-state index is 0.644. The maximum atomic E-state index is 5.09. The van der Waals surface area contributed by atoms with Gasteiger partial charge in [0.25, 0.3) is 0 Å². The summed E-state index contributed by atoms with van der Waals surface area (Å²) in [6, 6.07) is 8.30. The molecule has 0 spiro atoms. The van der Waals surface area contributed by atoms with Crippen molar-refractivity contribution in [3.05, 3.63) is 35.4 Å². The molecule has 2 N–H and O–H groups in total. The second-order valence-electron chi connectivity index (χ2n) is 4.36. The van der Waals surface area contributed by atoms with Gasteiger partial charge in [-0.1, -0.05) is 24.3 Å². The fourth-order valence-electron chi connectivity index (χ4n) is 1.69. The molecule has 0 saturated carbocycles. The number of hydrogen-bond donors (Lipinski definition) is 2. The standard InChI is InChI=1S/C15H25N3O2/c1-4-16-15(17-9-10-19-2)18-11-13-5-7-14(8-6-13)12-20-3/h5-8H,4,9-12H2,1-3H3,(H2,16,17,18). The number of benzene rings is 1. The van der Waals surface area contributed by atoms with Crippen LogP contribution in [0.2, 0.25) is 0 Å². The Morgan fingerprint density at radius 3 is 2.35 bits per heavy atom. The van der Waals surface area contributed by atoms with Crippen molar-refractivity contribution in [2.24, 2.45) is 4.99 Å². The minimum absolute atomic E-state index is 0.644. The largest absolute Gasteiger partial charge is 0.383 e. The highest BCUT2D eigenvalue weighted by molar-refractivity contribution is 5.79. The highest BCUT2D eigenvalue weighted by atomic mass is 16.5. The van der Waals surface area contributed by atoms with Crippen molar-refractivity contribution in [1.82, 2.24) is 10.6 Å². The first-order chi connectivity index (χ1) is 9.80. The summed E-state index contributed by atoms with van der Waals surface area (Å²) in [5.41, 5.74) is 2.35. The molecule has 0 saturated heterocycles. The van der Waals surface area contributed by atoms with Crippen LogP contribution in [0.15, 0.2) is 29.3 Å². The van der Waals surface area contributed by atoms with Crippen molar-refractivity contribution in [2.75, 3.05) is 33.9 Å². The first kappa shape index (κ1) is 16.5. The molecule has 1 aromatic carbocycles. The van der Waals surface area contributed by atoms with Gasteiger partial charge in [-0.15, -0.1) is 0 Å². The molecule has 0 aliphatic rings. The lowest BCUT2D eigenvalue weighted by molar-refractivity contribution is 0.185. The highest BCUT2D eigenvalue weighted by Gasteiger charge is 1.97. The van der Waals surface area contributed by atoms with Gasteiger partial charge in [-0.05, 0) is 18.1 Å². The Kier molecular flexibility index (Phi) is 8.42. The van der Waals surface area contributed by atoms with Gasteiger partial charge in [-0.2, -0.15) is 0 Å². The molecular weight excluding hydrogens is 254 g/mol. The van der Waals surface area contributed by atoms with Gasteiger partial charge in [0.2, 0.25) is 0 Å². The van der Waals surface area contributed by atoms with Crippen molar-refractivity contribution in [3.63, 3.8) is 0 Å². The minimum Gasteiger partial charge on any atom is -0.383 e. The van der Waals surface area contributed by atoms with E-state index in [4.69, 9.17) is 9.47 Å². The maximum Gasteiger partial charge on any atom is 0.191 e. The number of guanidine groups is 1. The van der Waals surface area contributed by atoms with Gasteiger partial charge in [0.05, 0.1) is 19.8 Å². The molecule has 112 valence electrons. The van der Waals surface area contributed by atoms with Gasteiger partial charge in [-0.3, -0.25) is 0 Å². The lowest BCUT2D eigenvalue weighted by Gasteiger charge is -2.10. The van der Waals surface area contributed by atoms with E-state index in [1.807, 2.05) is 6.92 Å². The molecule has 0 aliphatic heterocycles. The zero-order valence-corrected chi connectivity index (χ0v) is 12.6. The van der Waals surface area contributed by atoms with E-state index in [0.29, 0.717) is 19.8 Å². The Morgan fingerprint density at radius 2 is 1.75 bits per heavy atom. The Hall–Kier alpha value is -1.59. The van der Waals surface area contributed by atoms with Crippen LogP contribution in [-0.2, 0) is 22.6 Å². The number of nitrogens with zero attached hydrogens (tertiary/aromatic N) is 1. The molecule has 0 bridgehead atoms. The Morgan fingerprint density at radius 1 is 1.05 bits per heavy atom. The first-order valence-electron chi connectivity index (χ1n) is 6.88. The van der Waals surface area contributed by atoms with Crippen molar-refractivity contribution in [2.45, 2.75) is 20.1 Å². The second-order valence-corrected chi connectivity index (χ2v) is 4.36. The summed E-state index contributed by atoms with van der Waals surface area (Å²) in [5.74, 6) is 0.811. The summed E-state index contributed by atoms with van der Waals surface area (Å²) >= 11 is 0. The molecule has 0 unspecified atom stereocenters. The van der Waals surface area contributed by atoms with Crippen LogP contribution in [0, 0.1) is 0 Å². The third-order valence-corrected chi connectivity index (χ3v) is 2.70. The summed E-state index contributed by atoms with van der Waals surface area (Å²) in [4.78, 5) is 4.54. The topological polar surface area (TPSA) is 54.9 Å². The van der Waals surface area contributed by atoms with E-state index in [0.717, 1.165) is 19.0 Å². The van der Waals surface area contributed by atoms with E-state index < -0.39 is 0 Å². The maximum absolute atomic E-state index is 5.09. The third-order valence-electron chi connectivity index (χ3n) is 2.70. The molecule has 0 amide bonds. The number of rotatable bonds is 8. The fourth-order valence-corrected chi connectivity index (χ4v) is 1.69. The molecular formula is C15H25N3O2. The van der Waals surface area contributed by atoms with E-state index in [9.17, 15) is 0 Å². The number of aliphatic imine (C=N–C) groups is 1. The zero-order valence-electron chi connectivity index (χ0n) is 12.6. The van der Waals surface area contributed by atoms with Crippen LogP contribution in [0.1, 0.15) is 18.1 Å². The second kappa shape index (κ2) is 10.2. The summed E-state index contributed by atoms with van der Waals surface area (Å²) in [6.45, 7) is 5.59. The van der Waals surface area contributed by atoms with Gasteiger partial charge in [0.1, 0.15) is 0 Å². The van der Waals surface area contributed by atoms with Crippen LogP contribution in [0.5, 0.6) is 0 Å². The molecule has 0 aliphatic carbocycles. The predicted octanol–water partition coefficient (Wildman–Crippen LogP) is 1.53. The predicted molar refractivity (Wildman–Crippen MR) is 81.8 cm³/mol. The Labute approximate surface area is 121 Å². The molecule has 1 aromatic rings. The van der Waals surface area contributed by atoms with Gasteiger partial charge < -0.3 is 20.1 Å². The van der Waals surface area contributed by atoms with E-state index >= 15 is 0 Å². The average Bonchev–Trinajstić information content (AvgIpc) is 2.47. The highest BCUT2D eigenvalue weighted by Crippen LogP contribution is 2.06. The lowest BCUT2D eigenvalue weighted by atomic mass is 10.1. The summed E-state index contributed by atoms with van der Waals surface area (Å²) in [6.07, 6.45) is 0. The van der Waals surface area contributed by atoms with Crippen LogP contribution in [0.3, 0.4) is 0 Å². The van der Waals surface area contributed by atoms with Crippen LogP contribution in [0.4, 0.5) is 0 Å². The molecule has 0 radical (unpaired) electrons. The molecule has 0 atom stereocenters. The normalized spacial score (nSPS) is 11.4. The monoisotopic (exact) mass is 279 g/mol. The number of hydrogen-bond acceptors (Lipinski definition) is 3. The summed E-state index contributed by atoms with van der Waals surface area (Å²) in [5, 5.41) is 6.42. The van der Waals surface area contributed by atoms with Gasteiger partial charge in [-0.25, -0.2) is 4.99 Å². The van der Waals surface area contributed by atoms with Gasteiger partial charge in [0, 0.05) is 27.3 Å². The van der Waals surface area contributed by atoms with E-state index in [1.54, 1.807) is 14.2 Å². The summed E-state index contributed by atoms with van der Waals surface area (Å²) in [7, 11) is 3.39. The van der Waals surface area contributed by atoms with Crippen LogP contribution in [0.25, 0.3) is 0 Å². The molecule has 1 rings (SSSR count). The summed E-state index contributed by atoms with van der Waals surface area (Å²) < 4.78 is 10.1. The average molecular weight is 279 g/mol. The van der Waals surface area contributed by atoms with Crippen LogP contribution >= 0.6 is 0 Å². The van der Waals surface area contributed by atoms with Crippen LogP contribution < -0.4 is 10.6 Å². The SMILES string of the molecule is CCNC(=NCc1ccc(COC)cc1)NCCOC. The molecule has 0 heterocycles. The lowest BCUT2D eigenvalue weighted by Crippen LogP contribution is -2.38. The Bertz CT molecular complexity index is 391. The quantitative estimate of drug-likeness (QED) is 0.430. The van der Waals surface area contributed by atoms with E-state index in [-0.39, 0.29) is 0 Å². The van der Waals surface area contributed by atoms with Crippen molar-refractivity contribution in [1.29, 1.82) is 0 Å².